The van der Waals surface area contributed by atoms with Crippen LogP contribution in [-0.2, 0) is 14.3 Å². The fourth-order valence-corrected chi connectivity index (χ4v) is 4.17. The third-order valence-electron chi connectivity index (χ3n) is 6.16. The summed E-state index contributed by atoms with van der Waals surface area (Å²) in [4.78, 5) is 23.6. The number of ether oxygens (including phenoxy) is 1. The number of allylic oxidation sites excluding steroid dienone is 2. The van der Waals surface area contributed by atoms with Crippen LogP contribution in [0.25, 0.3) is 0 Å². The number of carbonyl (C=O) groups excluding carboxylic acids is 2. The largest absolute Gasteiger partial charge is 0.446 e. The first kappa shape index (κ1) is 30.4. The van der Waals surface area contributed by atoms with Gasteiger partial charge in [0.25, 0.3) is 5.91 Å². The zero-order valence-electron chi connectivity index (χ0n) is 21.2. The van der Waals surface area contributed by atoms with Crippen LogP contribution in [0.5, 0.6) is 0 Å². The number of carbonyl (C=O) groups is 2. The molecule has 0 radical (unpaired) electrons. The first-order chi connectivity index (χ1) is 15.5. The molecule has 0 aromatic heterocycles. The van der Waals surface area contributed by atoms with E-state index in [9.17, 15) is 9.59 Å². The highest BCUT2D eigenvalue weighted by molar-refractivity contribution is 5.89. The molecule has 1 unspecified atom stereocenters. The van der Waals surface area contributed by atoms with E-state index < -0.39 is 17.5 Å². The summed E-state index contributed by atoms with van der Waals surface area (Å²) in [5, 5.41) is 0. The molecule has 0 rings (SSSR count). The predicted molar refractivity (Wildman–Crippen MR) is 136 cm³/mol. The summed E-state index contributed by atoms with van der Waals surface area (Å²) >= 11 is 0. The maximum Gasteiger partial charge on any atom is 0.331 e. The Morgan fingerprint density at radius 1 is 0.719 bits per heavy atom. The fourth-order valence-electron chi connectivity index (χ4n) is 4.17. The molecule has 0 spiro atoms. The van der Waals surface area contributed by atoms with E-state index in [0.717, 1.165) is 31.8 Å². The predicted octanol–water partition coefficient (Wildman–Crippen LogP) is 7.95. The summed E-state index contributed by atoms with van der Waals surface area (Å²) in [6.07, 6.45) is 27.6. The van der Waals surface area contributed by atoms with Crippen LogP contribution in [0, 0.1) is 0 Å². The smallest absolute Gasteiger partial charge is 0.331 e. The average Bonchev–Trinajstić information content (AvgIpc) is 2.78. The van der Waals surface area contributed by atoms with E-state index >= 15 is 0 Å². The average molecular weight is 450 g/mol. The number of unbranched alkanes of at least 4 members (excludes halogenated alkanes) is 14. The summed E-state index contributed by atoms with van der Waals surface area (Å²) in [5.74, 6) is -1.12. The molecule has 0 bridgehead atoms. The van der Waals surface area contributed by atoms with Crippen LogP contribution in [-0.4, -0.2) is 17.5 Å². The SMILES string of the molecule is C=CC(=O)OC(CCC)(CCCCCCCCCCC=CCCCCCCCC)C(N)=O. The van der Waals surface area contributed by atoms with Gasteiger partial charge in [0.15, 0.2) is 5.60 Å². The molecule has 32 heavy (non-hydrogen) atoms. The van der Waals surface area contributed by atoms with Crippen molar-refractivity contribution in [3.8, 4) is 0 Å². The lowest BCUT2D eigenvalue weighted by atomic mass is 9.90. The van der Waals surface area contributed by atoms with Crippen LogP contribution < -0.4 is 5.73 Å². The van der Waals surface area contributed by atoms with Crippen LogP contribution in [0.15, 0.2) is 24.8 Å². The van der Waals surface area contributed by atoms with E-state index in [0.29, 0.717) is 12.8 Å². The van der Waals surface area contributed by atoms with E-state index in [2.05, 4.69) is 25.7 Å². The minimum Gasteiger partial charge on any atom is -0.446 e. The standard InChI is InChI=1S/C28H51NO3/c1-4-7-8-9-10-11-12-13-14-15-16-17-18-19-20-21-22-23-25-28(24-5-2,27(29)31)32-26(30)6-3/h6,13-14H,3-5,7-12,15-25H2,1-2H3,(H2,29,31). The van der Waals surface area contributed by atoms with E-state index in [1.54, 1.807) is 0 Å². The Kier molecular flexibility index (Phi) is 20.2. The Morgan fingerprint density at radius 2 is 1.19 bits per heavy atom. The molecule has 0 aliphatic carbocycles. The molecule has 1 atom stereocenters. The van der Waals surface area contributed by atoms with Crippen LogP contribution >= 0.6 is 0 Å². The molecule has 0 aliphatic heterocycles. The van der Waals surface area contributed by atoms with Gasteiger partial charge in [-0.15, -0.1) is 0 Å². The quantitative estimate of drug-likeness (QED) is 0.0744. The van der Waals surface area contributed by atoms with Gasteiger partial charge in [0, 0.05) is 6.08 Å². The van der Waals surface area contributed by atoms with Crippen molar-refractivity contribution in [2.24, 2.45) is 5.73 Å². The molecule has 4 nitrogen and oxygen atoms in total. The van der Waals surface area contributed by atoms with Crippen molar-refractivity contribution in [2.45, 2.75) is 141 Å². The topological polar surface area (TPSA) is 69.4 Å². The molecule has 0 saturated heterocycles. The maximum atomic E-state index is 12.0. The van der Waals surface area contributed by atoms with Crippen molar-refractivity contribution in [2.75, 3.05) is 0 Å². The molecule has 0 saturated carbocycles. The lowest BCUT2D eigenvalue weighted by molar-refractivity contribution is -0.164. The molecule has 4 heteroatoms. The molecular weight excluding hydrogens is 398 g/mol. The zero-order chi connectivity index (χ0) is 23.9. The Hall–Kier alpha value is -1.58. The lowest BCUT2D eigenvalue weighted by Gasteiger charge is -2.29. The Morgan fingerprint density at radius 3 is 1.62 bits per heavy atom. The summed E-state index contributed by atoms with van der Waals surface area (Å²) in [6.45, 7) is 7.65. The van der Waals surface area contributed by atoms with E-state index in [-0.39, 0.29) is 0 Å². The van der Waals surface area contributed by atoms with Crippen molar-refractivity contribution in [1.29, 1.82) is 0 Å². The highest BCUT2D eigenvalue weighted by Gasteiger charge is 2.38. The summed E-state index contributed by atoms with van der Waals surface area (Å²) in [6, 6.07) is 0. The van der Waals surface area contributed by atoms with Crippen LogP contribution in [0.4, 0.5) is 0 Å². The molecule has 0 aromatic carbocycles. The van der Waals surface area contributed by atoms with Gasteiger partial charge in [-0.1, -0.05) is 110 Å². The van der Waals surface area contributed by atoms with Gasteiger partial charge in [0.05, 0.1) is 0 Å². The van der Waals surface area contributed by atoms with Gasteiger partial charge >= 0.3 is 5.97 Å². The van der Waals surface area contributed by atoms with Crippen molar-refractivity contribution >= 4 is 11.9 Å². The first-order valence-corrected chi connectivity index (χ1v) is 13.3. The van der Waals surface area contributed by atoms with Crippen molar-refractivity contribution in [3.63, 3.8) is 0 Å². The minimum absolute atomic E-state index is 0.468. The maximum absolute atomic E-state index is 12.0. The van der Waals surface area contributed by atoms with E-state index in [4.69, 9.17) is 10.5 Å². The van der Waals surface area contributed by atoms with Crippen LogP contribution in [0.2, 0.25) is 0 Å². The van der Waals surface area contributed by atoms with Gasteiger partial charge < -0.3 is 10.5 Å². The fraction of sp³-hybridized carbons (Fsp3) is 0.786. The van der Waals surface area contributed by atoms with Crippen LogP contribution in [0.3, 0.4) is 0 Å². The zero-order valence-corrected chi connectivity index (χ0v) is 21.2. The van der Waals surface area contributed by atoms with Gasteiger partial charge in [-0.3, -0.25) is 4.79 Å². The second-order valence-electron chi connectivity index (χ2n) is 9.13. The van der Waals surface area contributed by atoms with E-state index in [1.165, 1.54) is 83.5 Å². The van der Waals surface area contributed by atoms with Crippen molar-refractivity contribution < 1.29 is 14.3 Å². The Balaban J connectivity index is 3.71. The number of primary amides is 1. The van der Waals surface area contributed by atoms with Gasteiger partial charge in [-0.2, -0.15) is 0 Å². The van der Waals surface area contributed by atoms with Crippen molar-refractivity contribution in [1.82, 2.24) is 0 Å². The van der Waals surface area contributed by atoms with Gasteiger partial charge in [0.2, 0.25) is 0 Å². The van der Waals surface area contributed by atoms with Crippen LogP contribution in [0.1, 0.15) is 136 Å². The van der Waals surface area contributed by atoms with Crippen molar-refractivity contribution in [3.05, 3.63) is 24.8 Å². The van der Waals surface area contributed by atoms with Gasteiger partial charge in [-0.05, 0) is 44.9 Å². The Labute approximate surface area is 198 Å². The highest BCUT2D eigenvalue weighted by atomic mass is 16.6. The summed E-state index contributed by atoms with van der Waals surface area (Å²) < 4.78 is 5.39. The molecule has 0 heterocycles. The number of rotatable bonds is 23. The molecule has 0 aromatic rings. The molecule has 0 fully saturated rings. The Bertz CT molecular complexity index is 515. The number of hydrogen-bond donors (Lipinski definition) is 1. The molecule has 2 N–H and O–H groups in total. The van der Waals surface area contributed by atoms with Gasteiger partial charge in [-0.25, -0.2) is 4.79 Å². The molecule has 1 amide bonds. The second-order valence-corrected chi connectivity index (χ2v) is 9.13. The normalized spacial score (nSPS) is 13.2. The third kappa shape index (κ3) is 16.1. The van der Waals surface area contributed by atoms with Gasteiger partial charge in [0.1, 0.15) is 0 Å². The monoisotopic (exact) mass is 449 g/mol. The molecular formula is C28H51NO3. The number of amides is 1. The molecule has 0 aliphatic rings. The van der Waals surface area contributed by atoms with E-state index in [1.807, 2.05) is 6.92 Å². The summed E-state index contributed by atoms with van der Waals surface area (Å²) in [5.41, 5.74) is 4.40. The molecule has 186 valence electrons. The first-order valence-electron chi connectivity index (χ1n) is 13.3. The third-order valence-corrected chi connectivity index (χ3v) is 6.16. The highest BCUT2D eigenvalue weighted by Crippen LogP contribution is 2.26. The number of esters is 1. The lowest BCUT2D eigenvalue weighted by Crippen LogP contribution is -2.47. The number of hydrogen-bond acceptors (Lipinski definition) is 3. The number of nitrogens with two attached hydrogens (primary N) is 1. The second kappa shape index (κ2) is 21.3. The summed E-state index contributed by atoms with van der Waals surface area (Å²) in [7, 11) is 0. The minimum atomic E-state index is -1.18.